The van der Waals surface area contributed by atoms with Crippen LogP contribution in [0.25, 0.3) is 22.5 Å². The van der Waals surface area contributed by atoms with Gasteiger partial charge in [0.05, 0.1) is 6.54 Å². The zero-order chi connectivity index (χ0) is 22.5. The van der Waals surface area contributed by atoms with Crippen molar-refractivity contribution in [3.05, 3.63) is 72.1 Å². The first-order valence-corrected chi connectivity index (χ1v) is 12.3. The molecule has 2 aromatic heterocycles. The Balaban J connectivity index is 1.39. The second kappa shape index (κ2) is 10.1. The molecular weight excluding hydrogens is 408 g/mol. The molecule has 1 saturated carbocycles. The summed E-state index contributed by atoms with van der Waals surface area (Å²) < 4.78 is 2.18. The van der Waals surface area contributed by atoms with Gasteiger partial charge in [-0.3, -0.25) is 5.10 Å². The zero-order valence-electron chi connectivity index (χ0n) is 19.4. The van der Waals surface area contributed by atoms with E-state index >= 15 is 0 Å². The van der Waals surface area contributed by atoms with Crippen molar-refractivity contribution in [1.29, 1.82) is 0 Å². The van der Waals surface area contributed by atoms with Crippen molar-refractivity contribution in [3.8, 4) is 22.5 Å². The number of unbranched alkanes of at least 4 members (excludes halogenated alkanes) is 1. The van der Waals surface area contributed by atoms with E-state index in [1.807, 2.05) is 6.07 Å². The predicted octanol–water partition coefficient (Wildman–Crippen LogP) is 6.17. The predicted molar refractivity (Wildman–Crippen MR) is 131 cm³/mol. The van der Waals surface area contributed by atoms with Crippen LogP contribution in [0, 0.1) is 0 Å². The summed E-state index contributed by atoms with van der Waals surface area (Å²) in [4.78, 5) is 9.35. The Morgan fingerprint density at radius 3 is 2.48 bits per heavy atom. The number of nitrogens with one attached hydrogen (secondary N) is 1. The summed E-state index contributed by atoms with van der Waals surface area (Å²) >= 11 is 0. The molecule has 0 unspecified atom stereocenters. The molecule has 0 atom stereocenters. The van der Waals surface area contributed by atoms with Crippen LogP contribution < -0.4 is 0 Å². The summed E-state index contributed by atoms with van der Waals surface area (Å²) in [7, 11) is 0. The highest BCUT2D eigenvalue weighted by Gasteiger charge is 2.22. The Morgan fingerprint density at radius 2 is 1.76 bits per heavy atom. The molecule has 0 saturated heterocycles. The number of benzene rings is 2. The number of H-pyrrole nitrogens is 1. The third-order valence-corrected chi connectivity index (χ3v) is 6.66. The average Bonchev–Trinajstić information content (AvgIpc) is 3.54. The van der Waals surface area contributed by atoms with Crippen LogP contribution in [0.4, 0.5) is 0 Å². The monoisotopic (exact) mass is 440 g/mol. The lowest BCUT2D eigenvalue weighted by Crippen LogP contribution is -2.14. The van der Waals surface area contributed by atoms with Gasteiger partial charge in [0.2, 0.25) is 0 Å². The van der Waals surface area contributed by atoms with Crippen molar-refractivity contribution in [3.63, 3.8) is 0 Å². The van der Waals surface area contributed by atoms with E-state index in [-0.39, 0.29) is 0 Å². The summed E-state index contributed by atoms with van der Waals surface area (Å²) in [5, 5.41) is 11.9. The standard InChI is InChI=1S/C27H32N6/c1-2-3-13-25-30-27(22-9-5-4-6-10-22)33(32-25)18-20-14-16-21(17-15-20)23-11-7-8-12-24(23)26-28-19-29-31-26/h7-8,11-12,14-17,19,22H,2-6,9-10,13,18H2,1H3,(H,28,29,31). The Morgan fingerprint density at radius 1 is 0.970 bits per heavy atom. The van der Waals surface area contributed by atoms with Gasteiger partial charge in [-0.05, 0) is 36.0 Å². The Labute approximate surface area is 195 Å². The van der Waals surface area contributed by atoms with Crippen molar-refractivity contribution >= 4 is 0 Å². The molecule has 1 aliphatic carbocycles. The molecule has 0 spiro atoms. The van der Waals surface area contributed by atoms with Crippen LogP contribution in [0.1, 0.15) is 75.0 Å². The van der Waals surface area contributed by atoms with Crippen LogP contribution >= 0.6 is 0 Å². The Kier molecular flexibility index (Phi) is 6.61. The summed E-state index contributed by atoms with van der Waals surface area (Å²) in [6.45, 7) is 3.00. The fourth-order valence-electron chi connectivity index (χ4n) is 4.86. The molecule has 0 aliphatic heterocycles. The summed E-state index contributed by atoms with van der Waals surface area (Å²) in [5.41, 5.74) is 4.62. The third kappa shape index (κ3) is 4.90. The van der Waals surface area contributed by atoms with Crippen molar-refractivity contribution in [2.75, 3.05) is 0 Å². The van der Waals surface area contributed by atoms with E-state index in [0.717, 1.165) is 42.2 Å². The van der Waals surface area contributed by atoms with Crippen molar-refractivity contribution in [2.24, 2.45) is 0 Å². The first kappa shape index (κ1) is 21.6. The van der Waals surface area contributed by atoms with Gasteiger partial charge in [0.1, 0.15) is 12.2 Å². The molecule has 33 heavy (non-hydrogen) atoms. The highest BCUT2D eigenvalue weighted by atomic mass is 15.3. The molecule has 0 radical (unpaired) electrons. The van der Waals surface area contributed by atoms with Gasteiger partial charge in [0.25, 0.3) is 0 Å². The molecular formula is C27H32N6. The number of aromatic nitrogens is 6. The minimum atomic E-state index is 0.551. The van der Waals surface area contributed by atoms with Gasteiger partial charge in [0.15, 0.2) is 11.6 Å². The number of aromatic amines is 1. The molecule has 170 valence electrons. The molecule has 1 aliphatic rings. The van der Waals surface area contributed by atoms with Crippen molar-refractivity contribution in [2.45, 2.75) is 70.8 Å². The van der Waals surface area contributed by atoms with Crippen LogP contribution in [0.15, 0.2) is 54.9 Å². The Hall–Kier alpha value is -3.28. The quantitative estimate of drug-likeness (QED) is 0.356. The van der Waals surface area contributed by atoms with Gasteiger partial charge < -0.3 is 0 Å². The maximum atomic E-state index is 5.01. The summed E-state index contributed by atoms with van der Waals surface area (Å²) in [6, 6.07) is 17.1. The molecule has 6 heteroatoms. The van der Waals surface area contributed by atoms with Gasteiger partial charge in [-0.15, -0.1) is 0 Å². The van der Waals surface area contributed by atoms with Crippen molar-refractivity contribution in [1.82, 2.24) is 29.9 Å². The number of aryl methyl sites for hydroxylation is 1. The normalized spacial score (nSPS) is 14.6. The molecule has 4 aromatic rings. The Bertz CT molecular complexity index is 1150. The maximum absolute atomic E-state index is 5.01. The van der Waals surface area contributed by atoms with E-state index in [2.05, 4.69) is 69.3 Å². The van der Waals surface area contributed by atoms with E-state index in [1.54, 1.807) is 6.33 Å². The smallest absolute Gasteiger partial charge is 0.156 e. The number of hydrogen-bond donors (Lipinski definition) is 1. The molecule has 6 nitrogen and oxygen atoms in total. The average molecular weight is 441 g/mol. The van der Waals surface area contributed by atoms with Crippen LogP contribution in [-0.4, -0.2) is 29.9 Å². The number of rotatable bonds is 8. The fourth-order valence-corrected chi connectivity index (χ4v) is 4.86. The number of hydrogen-bond acceptors (Lipinski definition) is 4. The minimum Gasteiger partial charge on any atom is -0.259 e. The van der Waals surface area contributed by atoms with Gasteiger partial charge in [-0.25, -0.2) is 14.6 Å². The SMILES string of the molecule is CCCCc1nc(C2CCCCC2)n(Cc2ccc(-c3ccccc3-c3ncn[nH]3)cc2)n1. The summed E-state index contributed by atoms with van der Waals surface area (Å²) in [6.07, 6.45) is 11.3. The highest BCUT2D eigenvalue weighted by molar-refractivity contribution is 5.80. The van der Waals surface area contributed by atoms with Gasteiger partial charge in [-0.1, -0.05) is 81.1 Å². The molecule has 0 bridgehead atoms. The second-order valence-corrected chi connectivity index (χ2v) is 9.06. The van der Waals surface area contributed by atoms with Crippen molar-refractivity contribution < 1.29 is 0 Å². The first-order valence-electron chi connectivity index (χ1n) is 12.3. The molecule has 5 rings (SSSR count). The van der Waals surface area contributed by atoms with Crippen LogP contribution in [0.2, 0.25) is 0 Å². The first-order chi connectivity index (χ1) is 16.3. The van der Waals surface area contributed by atoms with Crippen LogP contribution in [-0.2, 0) is 13.0 Å². The molecule has 2 heterocycles. The molecule has 0 amide bonds. The van der Waals surface area contributed by atoms with E-state index in [9.17, 15) is 0 Å². The highest BCUT2D eigenvalue weighted by Crippen LogP contribution is 2.33. The molecule has 1 fully saturated rings. The van der Waals surface area contributed by atoms with Gasteiger partial charge in [-0.2, -0.15) is 10.2 Å². The molecule has 1 N–H and O–H groups in total. The van der Waals surface area contributed by atoms with Crippen LogP contribution in [0.5, 0.6) is 0 Å². The lowest BCUT2D eigenvalue weighted by molar-refractivity contribution is 0.412. The van der Waals surface area contributed by atoms with E-state index in [1.165, 1.54) is 55.5 Å². The van der Waals surface area contributed by atoms with Gasteiger partial charge in [0, 0.05) is 17.9 Å². The summed E-state index contributed by atoms with van der Waals surface area (Å²) in [5.74, 6) is 3.54. The van der Waals surface area contributed by atoms with E-state index in [4.69, 9.17) is 10.1 Å². The third-order valence-electron chi connectivity index (χ3n) is 6.66. The topological polar surface area (TPSA) is 72.3 Å². The van der Waals surface area contributed by atoms with Gasteiger partial charge >= 0.3 is 0 Å². The van der Waals surface area contributed by atoms with Crippen LogP contribution in [0.3, 0.4) is 0 Å². The fraction of sp³-hybridized carbons (Fsp3) is 0.407. The lowest BCUT2D eigenvalue weighted by Gasteiger charge is -2.21. The van der Waals surface area contributed by atoms with E-state index < -0.39 is 0 Å². The second-order valence-electron chi connectivity index (χ2n) is 9.06. The minimum absolute atomic E-state index is 0.551. The molecule has 2 aromatic carbocycles. The largest absolute Gasteiger partial charge is 0.259 e. The lowest BCUT2D eigenvalue weighted by atomic mass is 9.88. The zero-order valence-corrected chi connectivity index (χ0v) is 19.4. The maximum Gasteiger partial charge on any atom is 0.156 e. The van der Waals surface area contributed by atoms with E-state index in [0.29, 0.717) is 5.92 Å². The number of nitrogens with zero attached hydrogens (tertiary/aromatic N) is 5.